The average molecular weight is 491 g/mol. The molecule has 3 rings (SSSR count). The zero-order chi connectivity index (χ0) is 26.1. The van der Waals surface area contributed by atoms with E-state index in [1.807, 2.05) is 64.1 Å². The molecule has 36 heavy (non-hydrogen) atoms. The molecule has 0 radical (unpaired) electrons. The first kappa shape index (κ1) is 26.9. The van der Waals surface area contributed by atoms with Crippen molar-refractivity contribution in [1.29, 1.82) is 0 Å². The van der Waals surface area contributed by atoms with Crippen LogP contribution in [-0.2, 0) is 22.6 Å². The number of hydrogen-bond acceptors (Lipinski definition) is 3. The summed E-state index contributed by atoms with van der Waals surface area (Å²) in [7, 11) is 0. The molecule has 0 unspecified atom stereocenters. The highest BCUT2D eigenvalue weighted by Crippen LogP contribution is 2.24. The molecule has 0 aliphatic rings. The van der Waals surface area contributed by atoms with E-state index >= 15 is 0 Å². The summed E-state index contributed by atoms with van der Waals surface area (Å²) in [6.07, 6.45) is 1.07. The Morgan fingerprint density at radius 2 is 1.69 bits per heavy atom. The molecule has 0 bridgehead atoms. The van der Waals surface area contributed by atoms with Gasteiger partial charge in [0.1, 0.15) is 17.6 Å². The first-order chi connectivity index (χ1) is 17.3. The number of rotatable bonds is 11. The Labute approximate surface area is 213 Å². The highest BCUT2D eigenvalue weighted by molar-refractivity contribution is 5.88. The minimum atomic E-state index is -0.824. The second-order valence-corrected chi connectivity index (χ2v) is 9.10. The Hall–Kier alpha value is -3.67. The van der Waals surface area contributed by atoms with E-state index in [1.54, 1.807) is 18.2 Å². The Morgan fingerprint density at radius 3 is 2.39 bits per heavy atom. The van der Waals surface area contributed by atoms with E-state index in [4.69, 9.17) is 4.74 Å². The Bertz CT molecular complexity index is 1180. The maximum Gasteiger partial charge on any atom is 0.261 e. The van der Waals surface area contributed by atoms with Gasteiger partial charge in [-0.3, -0.25) is 9.59 Å². The first-order valence-corrected chi connectivity index (χ1v) is 12.3. The third-order valence-electron chi connectivity index (χ3n) is 6.23. The van der Waals surface area contributed by atoms with Gasteiger partial charge in [0.2, 0.25) is 5.91 Å². The average Bonchev–Trinajstić information content (AvgIpc) is 2.87. The van der Waals surface area contributed by atoms with Gasteiger partial charge in [0.25, 0.3) is 5.91 Å². The summed E-state index contributed by atoms with van der Waals surface area (Å²) in [6.45, 7) is 8.07. The van der Waals surface area contributed by atoms with Crippen molar-refractivity contribution >= 4 is 11.8 Å². The van der Waals surface area contributed by atoms with Crippen LogP contribution in [-0.4, -0.2) is 35.9 Å². The smallest absolute Gasteiger partial charge is 0.261 e. The summed E-state index contributed by atoms with van der Waals surface area (Å²) in [6, 6.07) is 19.0. The van der Waals surface area contributed by atoms with E-state index in [0.29, 0.717) is 24.3 Å². The number of halogens is 1. The quantitative estimate of drug-likeness (QED) is 0.397. The molecule has 1 N–H and O–H groups in total. The van der Waals surface area contributed by atoms with Gasteiger partial charge in [0.05, 0.1) is 0 Å². The monoisotopic (exact) mass is 490 g/mol. The normalized spacial score (nSPS) is 11.6. The number of hydrogen-bond donors (Lipinski definition) is 1. The number of amides is 2. The van der Waals surface area contributed by atoms with E-state index in [0.717, 1.165) is 28.7 Å². The summed E-state index contributed by atoms with van der Waals surface area (Å²) in [5, 5.41) is 2.92. The lowest BCUT2D eigenvalue weighted by molar-refractivity contribution is -0.142. The van der Waals surface area contributed by atoms with Crippen LogP contribution in [0.3, 0.4) is 0 Å². The molecule has 0 saturated carbocycles. The number of aryl methyl sites for hydroxylation is 2. The molecule has 0 aliphatic carbocycles. The van der Waals surface area contributed by atoms with E-state index in [1.165, 1.54) is 11.0 Å². The number of carbonyl (C=O) groups is 2. The van der Waals surface area contributed by atoms with Crippen LogP contribution < -0.4 is 10.1 Å². The Balaban J connectivity index is 1.93. The standard InChI is InChI=1S/C30H35FN2O3/c1-5-15-32-30(35)27(18-24-11-7-6-8-12-24)33(19-25-13-9-10-14-26(25)31)29(34)20-36-28-17-21(2)16-22(3)23(28)4/h6-14,16-17,27H,5,15,18-20H2,1-4H3,(H,32,35)/t27-/m1/s1. The molecule has 0 aliphatic heterocycles. The fourth-order valence-electron chi connectivity index (χ4n) is 4.10. The van der Waals surface area contributed by atoms with Crippen LogP contribution in [0.15, 0.2) is 66.7 Å². The predicted octanol–water partition coefficient (Wildman–Crippen LogP) is 5.30. The summed E-state index contributed by atoms with van der Waals surface area (Å²) >= 11 is 0. The Morgan fingerprint density at radius 1 is 1.00 bits per heavy atom. The van der Waals surface area contributed by atoms with Crippen LogP contribution in [0.2, 0.25) is 0 Å². The van der Waals surface area contributed by atoms with Crippen LogP contribution >= 0.6 is 0 Å². The second kappa shape index (κ2) is 12.9. The minimum absolute atomic E-state index is 0.0439. The van der Waals surface area contributed by atoms with Crippen molar-refractivity contribution in [3.63, 3.8) is 0 Å². The van der Waals surface area contributed by atoms with Crippen molar-refractivity contribution in [2.75, 3.05) is 13.2 Å². The summed E-state index contributed by atoms with van der Waals surface area (Å²) < 4.78 is 20.6. The molecule has 0 saturated heterocycles. The fraction of sp³-hybridized carbons (Fsp3) is 0.333. The SMILES string of the molecule is CCCNC(=O)[C@@H](Cc1ccccc1)N(Cc1ccccc1F)C(=O)COc1cc(C)cc(C)c1C. The van der Waals surface area contributed by atoms with Crippen molar-refractivity contribution in [2.24, 2.45) is 0 Å². The van der Waals surface area contributed by atoms with Gasteiger partial charge in [-0.25, -0.2) is 4.39 Å². The van der Waals surface area contributed by atoms with E-state index < -0.39 is 11.9 Å². The molecular weight excluding hydrogens is 455 g/mol. The van der Waals surface area contributed by atoms with Crippen LogP contribution in [0.1, 0.15) is 41.2 Å². The van der Waals surface area contributed by atoms with Crippen LogP contribution in [0.25, 0.3) is 0 Å². The highest BCUT2D eigenvalue weighted by Gasteiger charge is 2.31. The molecule has 3 aromatic carbocycles. The van der Waals surface area contributed by atoms with Crippen LogP contribution in [0.5, 0.6) is 5.75 Å². The van der Waals surface area contributed by atoms with Gasteiger partial charge in [-0.05, 0) is 61.6 Å². The van der Waals surface area contributed by atoms with Gasteiger partial charge in [0, 0.05) is 25.1 Å². The van der Waals surface area contributed by atoms with Gasteiger partial charge in [0.15, 0.2) is 6.61 Å². The number of benzene rings is 3. The first-order valence-electron chi connectivity index (χ1n) is 12.3. The summed E-state index contributed by atoms with van der Waals surface area (Å²) in [4.78, 5) is 28.4. The number of ether oxygens (including phenoxy) is 1. The molecule has 6 heteroatoms. The van der Waals surface area contributed by atoms with Gasteiger partial charge in [-0.2, -0.15) is 0 Å². The number of nitrogens with one attached hydrogen (secondary N) is 1. The Kier molecular flexibility index (Phi) is 9.62. The van der Waals surface area contributed by atoms with Gasteiger partial charge in [-0.15, -0.1) is 0 Å². The predicted molar refractivity (Wildman–Crippen MR) is 140 cm³/mol. The van der Waals surface area contributed by atoms with Crippen molar-refractivity contribution in [3.05, 3.63) is 100 Å². The largest absolute Gasteiger partial charge is 0.483 e. The van der Waals surface area contributed by atoms with Crippen LogP contribution in [0, 0.1) is 26.6 Å². The highest BCUT2D eigenvalue weighted by atomic mass is 19.1. The van der Waals surface area contributed by atoms with Gasteiger partial charge < -0.3 is 15.0 Å². The third kappa shape index (κ3) is 7.17. The molecule has 0 heterocycles. The molecule has 2 amide bonds. The lowest BCUT2D eigenvalue weighted by atomic mass is 10.0. The maximum absolute atomic E-state index is 14.6. The van der Waals surface area contributed by atoms with Crippen LogP contribution in [0.4, 0.5) is 4.39 Å². The van der Waals surface area contributed by atoms with Crippen molar-refractivity contribution in [2.45, 2.75) is 53.1 Å². The van der Waals surface area contributed by atoms with Crippen molar-refractivity contribution in [3.8, 4) is 5.75 Å². The fourth-order valence-corrected chi connectivity index (χ4v) is 4.10. The topological polar surface area (TPSA) is 58.6 Å². The molecule has 0 fully saturated rings. The van der Waals surface area contributed by atoms with Crippen molar-refractivity contribution in [1.82, 2.24) is 10.2 Å². The molecule has 3 aromatic rings. The lowest BCUT2D eigenvalue weighted by Gasteiger charge is -2.31. The zero-order valence-corrected chi connectivity index (χ0v) is 21.5. The minimum Gasteiger partial charge on any atom is -0.483 e. The number of carbonyl (C=O) groups excluding carboxylic acids is 2. The van der Waals surface area contributed by atoms with Gasteiger partial charge in [-0.1, -0.05) is 61.5 Å². The molecule has 5 nitrogen and oxygen atoms in total. The molecule has 190 valence electrons. The summed E-state index contributed by atoms with van der Waals surface area (Å²) in [5.41, 5.74) is 4.31. The van der Waals surface area contributed by atoms with E-state index in [9.17, 15) is 14.0 Å². The van der Waals surface area contributed by atoms with E-state index in [-0.39, 0.29) is 25.0 Å². The zero-order valence-electron chi connectivity index (χ0n) is 21.5. The number of nitrogens with zero attached hydrogens (tertiary/aromatic N) is 1. The van der Waals surface area contributed by atoms with Crippen molar-refractivity contribution < 1.29 is 18.7 Å². The third-order valence-corrected chi connectivity index (χ3v) is 6.23. The van der Waals surface area contributed by atoms with Gasteiger partial charge >= 0.3 is 0 Å². The molecular formula is C30H35FN2O3. The lowest BCUT2D eigenvalue weighted by Crippen LogP contribution is -2.52. The maximum atomic E-state index is 14.6. The second-order valence-electron chi connectivity index (χ2n) is 9.10. The van der Waals surface area contributed by atoms with E-state index in [2.05, 4.69) is 11.4 Å². The molecule has 0 spiro atoms. The molecule has 1 atom stereocenters. The summed E-state index contributed by atoms with van der Waals surface area (Å²) in [5.74, 6) is -0.451. The molecule has 0 aromatic heterocycles.